The molecule has 0 radical (unpaired) electrons. The molecule has 8 heteroatoms. The van der Waals surface area contributed by atoms with Crippen molar-refractivity contribution < 1.29 is 14.6 Å². The monoisotopic (exact) mass is 294 g/mol. The van der Waals surface area contributed by atoms with Crippen molar-refractivity contribution in [1.82, 2.24) is 19.8 Å². The fourth-order valence-corrected chi connectivity index (χ4v) is 2.87. The zero-order chi connectivity index (χ0) is 14.8. The fourth-order valence-electron chi connectivity index (χ4n) is 2.87. The van der Waals surface area contributed by atoms with Gasteiger partial charge in [-0.1, -0.05) is 0 Å². The highest BCUT2D eigenvalue weighted by molar-refractivity contribution is 5.93. The molecule has 2 N–H and O–H groups in total. The van der Waals surface area contributed by atoms with Crippen molar-refractivity contribution in [3.05, 3.63) is 28.4 Å². The molecule has 0 bridgehead atoms. The lowest BCUT2D eigenvalue weighted by Gasteiger charge is -2.33. The van der Waals surface area contributed by atoms with Crippen LogP contribution in [0.5, 0.6) is 0 Å². The average Bonchev–Trinajstić information content (AvgIpc) is 2.90. The molecule has 8 nitrogen and oxygen atoms in total. The summed E-state index contributed by atoms with van der Waals surface area (Å²) >= 11 is 0. The molecule has 0 aromatic carbocycles. The van der Waals surface area contributed by atoms with Crippen LogP contribution in [0.1, 0.15) is 10.4 Å². The van der Waals surface area contributed by atoms with Gasteiger partial charge in [-0.05, 0) is 0 Å². The number of aliphatic hydroxyl groups excluding tert-OH is 1. The van der Waals surface area contributed by atoms with Crippen LogP contribution in [0.15, 0.2) is 17.3 Å². The Labute approximate surface area is 121 Å². The second-order valence-corrected chi connectivity index (χ2v) is 5.29. The van der Waals surface area contributed by atoms with Crippen molar-refractivity contribution in [3.8, 4) is 0 Å². The van der Waals surface area contributed by atoms with Gasteiger partial charge in [0.1, 0.15) is 5.56 Å². The number of nitrogens with one attached hydrogen (secondary N) is 1. The van der Waals surface area contributed by atoms with E-state index in [4.69, 9.17) is 4.74 Å². The van der Waals surface area contributed by atoms with E-state index >= 15 is 0 Å². The first-order valence-corrected chi connectivity index (χ1v) is 6.98. The van der Waals surface area contributed by atoms with Gasteiger partial charge >= 0.3 is 0 Å². The van der Waals surface area contributed by atoms with Crippen LogP contribution in [0, 0.1) is 0 Å². The number of rotatable bonds is 2. The van der Waals surface area contributed by atoms with Crippen molar-refractivity contribution in [2.45, 2.75) is 12.1 Å². The number of ether oxygens (including phenoxy) is 1. The molecular formula is C13H18N4O4. The number of aromatic nitrogens is 2. The number of carbonyl (C=O) groups is 1. The summed E-state index contributed by atoms with van der Waals surface area (Å²) in [5.74, 6) is -0.390. The summed E-state index contributed by atoms with van der Waals surface area (Å²) in [7, 11) is 0. The molecule has 2 saturated heterocycles. The Balaban J connectivity index is 1.72. The highest BCUT2D eigenvalue weighted by atomic mass is 16.5. The third-order valence-electron chi connectivity index (χ3n) is 4.01. The molecule has 2 aliphatic heterocycles. The summed E-state index contributed by atoms with van der Waals surface area (Å²) in [6, 6.07) is -0.103. The maximum Gasteiger partial charge on any atom is 0.263 e. The van der Waals surface area contributed by atoms with Crippen molar-refractivity contribution in [3.63, 3.8) is 0 Å². The van der Waals surface area contributed by atoms with Crippen LogP contribution >= 0.6 is 0 Å². The minimum atomic E-state index is -0.609. The molecule has 3 rings (SSSR count). The summed E-state index contributed by atoms with van der Waals surface area (Å²) in [5, 5.41) is 10.2. The second kappa shape index (κ2) is 5.92. The van der Waals surface area contributed by atoms with Gasteiger partial charge in [0.25, 0.3) is 11.5 Å². The number of hydrogen-bond donors (Lipinski definition) is 2. The molecule has 2 atom stereocenters. The number of morpholine rings is 1. The van der Waals surface area contributed by atoms with Gasteiger partial charge in [-0.15, -0.1) is 0 Å². The van der Waals surface area contributed by atoms with Gasteiger partial charge in [0.15, 0.2) is 0 Å². The molecule has 1 amide bonds. The minimum Gasteiger partial charge on any atom is -0.390 e. The molecule has 3 heterocycles. The zero-order valence-corrected chi connectivity index (χ0v) is 11.6. The summed E-state index contributed by atoms with van der Waals surface area (Å²) in [6.45, 7) is 3.41. The first kappa shape index (κ1) is 14.2. The summed E-state index contributed by atoms with van der Waals surface area (Å²) < 4.78 is 5.30. The molecule has 0 saturated carbocycles. The highest BCUT2D eigenvalue weighted by Gasteiger charge is 2.38. The van der Waals surface area contributed by atoms with Gasteiger partial charge in [0.05, 0.1) is 31.7 Å². The molecule has 0 unspecified atom stereocenters. The first-order chi connectivity index (χ1) is 10.2. The molecule has 0 aliphatic carbocycles. The van der Waals surface area contributed by atoms with Gasteiger partial charge in [-0.2, -0.15) is 0 Å². The lowest BCUT2D eigenvalue weighted by molar-refractivity contribution is -0.00611. The second-order valence-electron chi connectivity index (χ2n) is 5.29. The van der Waals surface area contributed by atoms with E-state index in [0.29, 0.717) is 19.8 Å². The third-order valence-corrected chi connectivity index (χ3v) is 4.01. The lowest BCUT2D eigenvalue weighted by Crippen LogP contribution is -2.49. The van der Waals surface area contributed by atoms with Crippen LogP contribution < -0.4 is 5.56 Å². The largest absolute Gasteiger partial charge is 0.390 e. The first-order valence-electron chi connectivity index (χ1n) is 6.98. The van der Waals surface area contributed by atoms with Gasteiger partial charge in [-0.25, -0.2) is 4.98 Å². The van der Waals surface area contributed by atoms with E-state index in [1.165, 1.54) is 17.4 Å². The number of likely N-dealkylation sites (tertiary alicyclic amines) is 1. The number of aliphatic hydroxyl groups is 1. The predicted molar refractivity (Wildman–Crippen MR) is 72.9 cm³/mol. The Morgan fingerprint density at radius 2 is 2.14 bits per heavy atom. The quantitative estimate of drug-likeness (QED) is 0.674. The number of aromatic amines is 1. The minimum absolute atomic E-state index is 0.00678. The standard InChI is InChI=1S/C13H18N4O4/c18-11-7-17(6-10(11)16-1-3-21-4-2-16)13(20)9-5-14-8-15-12(9)19/h5,8,10-11,18H,1-4,6-7H2,(H,14,15,19)/t10-,11-/m1/s1. The highest BCUT2D eigenvalue weighted by Crippen LogP contribution is 2.19. The number of carbonyl (C=O) groups excluding carboxylic acids is 1. The van der Waals surface area contributed by atoms with E-state index in [-0.39, 0.29) is 24.1 Å². The van der Waals surface area contributed by atoms with E-state index < -0.39 is 11.7 Å². The fraction of sp³-hybridized carbons (Fsp3) is 0.615. The van der Waals surface area contributed by atoms with Gasteiger partial charge in [-0.3, -0.25) is 14.5 Å². The van der Waals surface area contributed by atoms with Crippen molar-refractivity contribution in [2.24, 2.45) is 0 Å². The van der Waals surface area contributed by atoms with Crippen LogP contribution in [0.4, 0.5) is 0 Å². The maximum absolute atomic E-state index is 12.4. The van der Waals surface area contributed by atoms with Crippen LogP contribution in [-0.4, -0.2) is 82.3 Å². The zero-order valence-electron chi connectivity index (χ0n) is 11.6. The molecule has 1 aromatic heterocycles. The third kappa shape index (κ3) is 2.82. The summed E-state index contributed by atoms with van der Waals surface area (Å²) in [6.07, 6.45) is 1.90. The number of hydrogen-bond acceptors (Lipinski definition) is 6. The van der Waals surface area contributed by atoms with E-state index in [1.807, 2.05) is 0 Å². The van der Waals surface area contributed by atoms with Crippen LogP contribution in [-0.2, 0) is 4.74 Å². The molecule has 114 valence electrons. The number of H-pyrrole nitrogens is 1. The SMILES string of the molecule is O=C(c1cnc[nH]c1=O)N1C[C@@H](O)[C@H](N2CCOCC2)C1. The van der Waals surface area contributed by atoms with E-state index in [1.54, 1.807) is 0 Å². The van der Waals surface area contributed by atoms with Crippen LogP contribution in [0.3, 0.4) is 0 Å². The molecular weight excluding hydrogens is 276 g/mol. The van der Waals surface area contributed by atoms with E-state index in [0.717, 1.165) is 13.1 Å². The number of β-amino-alcohol motifs (C(OH)–C–C–N with tert-alkyl or cyclic N) is 1. The van der Waals surface area contributed by atoms with Gasteiger partial charge in [0, 0.05) is 32.4 Å². The average molecular weight is 294 g/mol. The van der Waals surface area contributed by atoms with Crippen molar-refractivity contribution >= 4 is 5.91 Å². The van der Waals surface area contributed by atoms with Gasteiger partial charge < -0.3 is 19.7 Å². The van der Waals surface area contributed by atoms with E-state index in [9.17, 15) is 14.7 Å². The van der Waals surface area contributed by atoms with Crippen molar-refractivity contribution in [2.75, 3.05) is 39.4 Å². The van der Waals surface area contributed by atoms with Crippen LogP contribution in [0.25, 0.3) is 0 Å². The Hall–Kier alpha value is -1.77. The Kier molecular flexibility index (Phi) is 4.00. The number of amides is 1. The maximum atomic E-state index is 12.4. The molecule has 2 aliphatic rings. The molecule has 2 fully saturated rings. The molecule has 1 aromatic rings. The Bertz CT molecular complexity index is 569. The molecule has 21 heavy (non-hydrogen) atoms. The van der Waals surface area contributed by atoms with Crippen LogP contribution in [0.2, 0.25) is 0 Å². The lowest BCUT2D eigenvalue weighted by atomic mass is 10.1. The summed E-state index contributed by atoms with van der Waals surface area (Å²) in [5.41, 5.74) is -0.452. The molecule has 0 spiro atoms. The van der Waals surface area contributed by atoms with E-state index in [2.05, 4.69) is 14.9 Å². The Morgan fingerprint density at radius 1 is 1.38 bits per heavy atom. The normalized spacial score (nSPS) is 27.0. The van der Waals surface area contributed by atoms with Crippen molar-refractivity contribution in [1.29, 1.82) is 0 Å². The number of nitrogens with zero attached hydrogens (tertiary/aromatic N) is 3. The predicted octanol–water partition coefficient (Wildman–Crippen LogP) is -1.71. The Morgan fingerprint density at radius 3 is 2.86 bits per heavy atom. The smallest absolute Gasteiger partial charge is 0.263 e. The van der Waals surface area contributed by atoms with Gasteiger partial charge in [0.2, 0.25) is 0 Å². The summed E-state index contributed by atoms with van der Waals surface area (Å²) in [4.78, 5) is 33.8. The topological polar surface area (TPSA) is 98.8 Å².